The molecular formula is C22H24ClNO5. The Balaban J connectivity index is 1.93. The van der Waals surface area contributed by atoms with Crippen LogP contribution in [0.15, 0.2) is 36.4 Å². The molecule has 1 amide bonds. The summed E-state index contributed by atoms with van der Waals surface area (Å²) in [6, 6.07) is 8.91. The van der Waals surface area contributed by atoms with Gasteiger partial charge < -0.3 is 19.5 Å². The van der Waals surface area contributed by atoms with Crippen molar-refractivity contribution in [2.24, 2.45) is 0 Å². The smallest absolute Gasteiger partial charge is 0.331 e. The second kappa shape index (κ2) is 10.5. The van der Waals surface area contributed by atoms with Gasteiger partial charge in [0, 0.05) is 11.8 Å². The summed E-state index contributed by atoms with van der Waals surface area (Å²) in [6.07, 6.45) is 2.74. The highest BCUT2D eigenvalue weighted by Gasteiger charge is 2.11. The molecule has 0 aromatic heterocycles. The van der Waals surface area contributed by atoms with Gasteiger partial charge in [-0.25, -0.2) is 4.79 Å². The molecule has 0 fully saturated rings. The number of ether oxygens (including phenoxy) is 3. The van der Waals surface area contributed by atoms with Gasteiger partial charge in [0.15, 0.2) is 18.1 Å². The fourth-order valence-electron chi connectivity index (χ4n) is 2.51. The lowest BCUT2D eigenvalue weighted by molar-refractivity contribution is -0.142. The number of methoxy groups -OCH3 is 1. The van der Waals surface area contributed by atoms with Gasteiger partial charge in [0.2, 0.25) is 0 Å². The number of nitrogens with one attached hydrogen (secondary N) is 1. The van der Waals surface area contributed by atoms with Crippen LogP contribution < -0.4 is 14.8 Å². The van der Waals surface area contributed by atoms with Gasteiger partial charge in [-0.2, -0.15) is 0 Å². The zero-order valence-electron chi connectivity index (χ0n) is 16.9. The zero-order chi connectivity index (χ0) is 21.4. The molecule has 6 nitrogen and oxygen atoms in total. The molecule has 1 N–H and O–H groups in total. The molecule has 0 saturated heterocycles. The summed E-state index contributed by atoms with van der Waals surface area (Å²) in [5, 5.41) is 3.05. The van der Waals surface area contributed by atoms with E-state index in [9.17, 15) is 9.59 Å². The summed E-state index contributed by atoms with van der Waals surface area (Å²) in [7, 11) is 1.50. The second-order valence-electron chi connectivity index (χ2n) is 6.26. The number of benzene rings is 2. The van der Waals surface area contributed by atoms with Crippen LogP contribution in [0.5, 0.6) is 11.5 Å². The molecular weight excluding hydrogens is 394 g/mol. The van der Waals surface area contributed by atoms with E-state index in [1.165, 1.54) is 19.3 Å². The molecule has 0 saturated carbocycles. The average Bonchev–Trinajstić information content (AvgIpc) is 2.68. The first-order valence-corrected chi connectivity index (χ1v) is 9.44. The number of carbonyl (C=O) groups is 2. The zero-order valence-corrected chi connectivity index (χ0v) is 17.6. The van der Waals surface area contributed by atoms with E-state index in [0.717, 1.165) is 11.1 Å². The monoisotopic (exact) mass is 417 g/mol. The average molecular weight is 418 g/mol. The van der Waals surface area contributed by atoms with Crippen LogP contribution >= 0.6 is 11.6 Å². The normalized spacial score (nSPS) is 10.7. The first-order chi connectivity index (χ1) is 13.8. The van der Waals surface area contributed by atoms with Crippen LogP contribution in [0.4, 0.5) is 5.69 Å². The Kier molecular flexibility index (Phi) is 8.09. The first kappa shape index (κ1) is 22.3. The molecule has 0 atom stereocenters. The molecule has 2 aromatic carbocycles. The van der Waals surface area contributed by atoms with Crippen molar-refractivity contribution in [1.29, 1.82) is 0 Å². The van der Waals surface area contributed by atoms with Crippen LogP contribution in [0.2, 0.25) is 5.02 Å². The second-order valence-corrected chi connectivity index (χ2v) is 6.66. The Bertz CT molecular complexity index is 924. The Morgan fingerprint density at radius 3 is 2.55 bits per heavy atom. The van der Waals surface area contributed by atoms with Gasteiger partial charge in [-0.3, -0.25) is 4.79 Å². The Labute approximate surface area is 175 Å². The lowest BCUT2D eigenvalue weighted by atomic mass is 10.1. The van der Waals surface area contributed by atoms with E-state index in [-0.39, 0.29) is 6.61 Å². The number of esters is 1. The lowest BCUT2D eigenvalue weighted by Crippen LogP contribution is -2.20. The fraction of sp³-hybridized carbons (Fsp3) is 0.273. The summed E-state index contributed by atoms with van der Waals surface area (Å²) in [5.41, 5.74) is 3.48. The maximum Gasteiger partial charge on any atom is 0.331 e. The van der Waals surface area contributed by atoms with E-state index in [0.29, 0.717) is 34.4 Å². The number of hydrogen-bond donors (Lipinski definition) is 1. The van der Waals surface area contributed by atoms with Gasteiger partial charge in [0.25, 0.3) is 5.91 Å². The summed E-state index contributed by atoms with van der Waals surface area (Å²) in [5.74, 6) is -0.161. The van der Waals surface area contributed by atoms with Crippen molar-refractivity contribution in [2.45, 2.75) is 20.8 Å². The van der Waals surface area contributed by atoms with E-state index in [2.05, 4.69) is 5.32 Å². The van der Waals surface area contributed by atoms with Crippen molar-refractivity contribution >= 4 is 35.2 Å². The van der Waals surface area contributed by atoms with E-state index in [1.807, 2.05) is 32.9 Å². The topological polar surface area (TPSA) is 73.9 Å². The van der Waals surface area contributed by atoms with Crippen LogP contribution in [0.1, 0.15) is 23.6 Å². The lowest BCUT2D eigenvalue weighted by Gasteiger charge is -2.11. The molecule has 0 spiro atoms. The van der Waals surface area contributed by atoms with Crippen LogP contribution in [-0.4, -0.2) is 32.2 Å². The summed E-state index contributed by atoms with van der Waals surface area (Å²) >= 11 is 6.18. The van der Waals surface area contributed by atoms with Gasteiger partial charge >= 0.3 is 5.97 Å². The third-order valence-electron chi connectivity index (χ3n) is 4.08. The predicted molar refractivity (Wildman–Crippen MR) is 114 cm³/mol. The number of anilines is 1. The number of aryl methyl sites for hydroxylation is 2. The molecule has 154 valence electrons. The van der Waals surface area contributed by atoms with Gasteiger partial charge in [-0.15, -0.1) is 0 Å². The highest BCUT2D eigenvalue weighted by atomic mass is 35.5. The summed E-state index contributed by atoms with van der Waals surface area (Å²) in [6.45, 7) is 5.85. The van der Waals surface area contributed by atoms with E-state index in [4.69, 9.17) is 25.8 Å². The molecule has 0 aliphatic carbocycles. The maximum absolute atomic E-state index is 12.0. The minimum atomic E-state index is -0.648. The fourth-order valence-corrected chi connectivity index (χ4v) is 2.81. The van der Waals surface area contributed by atoms with Crippen LogP contribution in [-0.2, 0) is 14.3 Å². The largest absolute Gasteiger partial charge is 0.491 e. The van der Waals surface area contributed by atoms with Crippen molar-refractivity contribution in [3.8, 4) is 11.5 Å². The molecule has 0 heterocycles. The highest BCUT2D eigenvalue weighted by Crippen LogP contribution is 2.36. The number of rotatable bonds is 8. The van der Waals surface area contributed by atoms with Crippen molar-refractivity contribution < 1.29 is 23.8 Å². The van der Waals surface area contributed by atoms with E-state index >= 15 is 0 Å². The summed E-state index contributed by atoms with van der Waals surface area (Å²) < 4.78 is 15.7. The van der Waals surface area contributed by atoms with Crippen LogP contribution in [0.25, 0.3) is 6.08 Å². The Morgan fingerprint density at radius 2 is 1.90 bits per heavy atom. The van der Waals surface area contributed by atoms with Gasteiger partial charge in [0.1, 0.15) is 0 Å². The van der Waals surface area contributed by atoms with Gasteiger partial charge in [-0.05, 0) is 67.8 Å². The summed E-state index contributed by atoms with van der Waals surface area (Å²) in [4.78, 5) is 23.9. The minimum absolute atomic E-state index is 0.360. The van der Waals surface area contributed by atoms with Crippen LogP contribution in [0.3, 0.4) is 0 Å². The van der Waals surface area contributed by atoms with Crippen molar-refractivity contribution in [2.75, 3.05) is 25.6 Å². The van der Waals surface area contributed by atoms with Gasteiger partial charge in [0.05, 0.1) is 18.7 Å². The number of hydrogen-bond acceptors (Lipinski definition) is 5. The molecule has 0 radical (unpaired) electrons. The van der Waals surface area contributed by atoms with Crippen molar-refractivity contribution in [1.82, 2.24) is 0 Å². The number of halogens is 1. The quantitative estimate of drug-likeness (QED) is 0.503. The Hall–Kier alpha value is -2.99. The number of carbonyl (C=O) groups excluding carboxylic acids is 2. The van der Waals surface area contributed by atoms with Gasteiger partial charge in [-0.1, -0.05) is 17.7 Å². The van der Waals surface area contributed by atoms with E-state index < -0.39 is 11.9 Å². The predicted octanol–water partition coefficient (Wildman–Crippen LogP) is 4.56. The van der Waals surface area contributed by atoms with Crippen molar-refractivity contribution in [3.05, 3.63) is 58.1 Å². The molecule has 29 heavy (non-hydrogen) atoms. The maximum atomic E-state index is 12.0. The minimum Gasteiger partial charge on any atom is -0.491 e. The molecule has 2 rings (SSSR count). The number of amides is 1. The molecule has 2 aromatic rings. The third-order valence-corrected chi connectivity index (χ3v) is 4.36. The standard InChI is InChI=1S/C22H24ClNO5/c1-5-28-19-12-16(11-18(23)22(19)27-4)7-9-21(26)29-13-20(25)24-17-8-6-14(2)15(3)10-17/h6-12H,5,13H2,1-4H3,(H,24,25)/b9-7+. The molecule has 0 bridgehead atoms. The molecule has 0 aliphatic heterocycles. The third kappa shape index (κ3) is 6.54. The highest BCUT2D eigenvalue weighted by molar-refractivity contribution is 6.32. The SMILES string of the molecule is CCOc1cc(/C=C/C(=O)OCC(=O)Nc2ccc(C)c(C)c2)cc(Cl)c1OC. The van der Waals surface area contributed by atoms with Crippen LogP contribution in [0, 0.1) is 13.8 Å². The molecule has 7 heteroatoms. The van der Waals surface area contributed by atoms with Crippen molar-refractivity contribution in [3.63, 3.8) is 0 Å². The Morgan fingerprint density at radius 1 is 1.14 bits per heavy atom. The molecule has 0 aliphatic rings. The molecule has 0 unspecified atom stereocenters. The van der Waals surface area contributed by atoms with E-state index in [1.54, 1.807) is 18.2 Å². The first-order valence-electron chi connectivity index (χ1n) is 9.06.